The lowest BCUT2D eigenvalue weighted by Gasteiger charge is -1.92. The number of carbonyl (C=O) groups is 1. The summed E-state index contributed by atoms with van der Waals surface area (Å²) in [5.74, 6) is -0.473. The third-order valence-corrected chi connectivity index (χ3v) is 1.55. The summed E-state index contributed by atoms with van der Waals surface area (Å²) in [5, 5.41) is 0. The molecule has 0 aromatic heterocycles. The van der Waals surface area contributed by atoms with E-state index in [0.717, 1.165) is 4.90 Å². The third-order valence-electron chi connectivity index (χ3n) is 1.55. The summed E-state index contributed by atoms with van der Waals surface area (Å²) in [7, 11) is 1.26. The molecule has 9 heavy (non-hydrogen) atoms. The number of hydrogen-bond acceptors (Lipinski definition) is 3. The van der Waals surface area contributed by atoms with E-state index in [4.69, 9.17) is 4.11 Å². The van der Waals surface area contributed by atoms with Gasteiger partial charge in [-0.15, -0.1) is 0 Å². The SMILES string of the molecule is [2H]C([2H])([2H])N1[C@@H](C)[C@@H]1C(=O)OC. The van der Waals surface area contributed by atoms with E-state index in [0.29, 0.717) is 0 Å². The fraction of sp³-hybridized carbons (Fsp3) is 0.833. The van der Waals surface area contributed by atoms with Gasteiger partial charge in [0.2, 0.25) is 0 Å². The Bertz CT molecular complexity index is 203. The molecule has 52 valence electrons. The van der Waals surface area contributed by atoms with E-state index in [1.165, 1.54) is 7.11 Å². The monoisotopic (exact) mass is 132 g/mol. The molecule has 0 aliphatic carbocycles. The first-order valence-electron chi connectivity index (χ1n) is 4.26. The van der Waals surface area contributed by atoms with Gasteiger partial charge in [0.1, 0.15) is 6.04 Å². The van der Waals surface area contributed by atoms with Crippen molar-refractivity contribution in [3.8, 4) is 0 Å². The topological polar surface area (TPSA) is 29.3 Å². The number of rotatable bonds is 1. The summed E-state index contributed by atoms with van der Waals surface area (Å²) >= 11 is 0. The summed E-state index contributed by atoms with van der Waals surface area (Å²) in [6.45, 7) is -0.494. The van der Waals surface area contributed by atoms with E-state index < -0.39 is 19.0 Å². The Balaban J connectivity index is 2.60. The molecule has 0 amide bonds. The van der Waals surface area contributed by atoms with Crippen molar-refractivity contribution in [1.29, 1.82) is 0 Å². The molecule has 1 aliphatic heterocycles. The lowest BCUT2D eigenvalue weighted by atomic mass is 10.3. The fourth-order valence-electron chi connectivity index (χ4n) is 0.780. The third kappa shape index (κ3) is 0.920. The van der Waals surface area contributed by atoms with Gasteiger partial charge in [0.05, 0.1) is 7.11 Å². The van der Waals surface area contributed by atoms with Gasteiger partial charge in [0, 0.05) is 10.2 Å². The van der Waals surface area contributed by atoms with Crippen LogP contribution in [0, 0.1) is 0 Å². The largest absolute Gasteiger partial charge is 0.468 e. The Labute approximate surface area is 58.8 Å². The molecule has 1 rings (SSSR count). The van der Waals surface area contributed by atoms with Gasteiger partial charge in [-0.2, -0.15) is 0 Å². The van der Waals surface area contributed by atoms with E-state index in [9.17, 15) is 4.79 Å². The highest BCUT2D eigenvalue weighted by molar-refractivity contribution is 5.79. The summed E-state index contributed by atoms with van der Waals surface area (Å²) in [6, 6.07) is -0.813. The van der Waals surface area contributed by atoms with Gasteiger partial charge in [-0.3, -0.25) is 9.69 Å². The van der Waals surface area contributed by atoms with E-state index in [1.807, 2.05) is 0 Å². The average molecular weight is 132 g/mol. The highest BCUT2D eigenvalue weighted by atomic mass is 16.5. The van der Waals surface area contributed by atoms with E-state index >= 15 is 0 Å². The number of ether oxygens (including phenoxy) is 1. The van der Waals surface area contributed by atoms with Gasteiger partial charge in [0.25, 0.3) is 0 Å². The lowest BCUT2D eigenvalue weighted by molar-refractivity contribution is -0.140. The number of esters is 1. The zero-order valence-corrected chi connectivity index (χ0v) is 5.42. The maximum Gasteiger partial charge on any atom is 0.324 e. The Kier molecular flexibility index (Phi) is 0.787. The molecule has 0 radical (unpaired) electrons. The summed E-state index contributed by atoms with van der Waals surface area (Å²) in [6.07, 6.45) is 0. The van der Waals surface area contributed by atoms with Crippen LogP contribution in [0.5, 0.6) is 0 Å². The Hall–Kier alpha value is -0.570. The van der Waals surface area contributed by atoms with Crippen LogP contribution in [0.25, 0.3) is 0 Å². The molecule has 1 heterocycles. The standard InChI is InChI=1S/C6H11NO2/c1-4-5(7(4)2)6(8)9-3/h4-5H,1-3H3/t4-,5+,7?/m0/s1/i2D3. The van der Waals surface area contributed by atoms with Crippen LogP contribution in [0.1, 0.15) is 11.0 Å². The molecule has 1 aliphatic rings. The van der Waals surface area contributed by atoms with Crippen LogP contribution in [-0.4, -0.2) is 37.0 Å². The van der Waals surface area contributed by atoms with Gasteiger partial charge in [-0.05, 0) is 13.9 Å². The van der Waals surface area contributed by atoms with Crippen LogP contribution < -0.4 is 0 Å². The number of nitrogens with zero attached hydrogens (tertiary/aromatic N) is 1. The minimum Gasteiger partial charge on any atom is -0.468 e. The highest BCUT2D eigenvalue weighted by Gasteiger charge is 2.47. The molecular weight excluding hydrogens is 118 g/mol. The number of carbonyl (C=O) groups excluding carboxylic acids is 1. The maximum atomic E-state index is 10.9. The molecule has 1 unspecified atom stereocenters. The second-order valence-electron chi connectivity index (χ2n) is 2.12. The summed E-state index contributed by atoms with van der Waals surface area (Å²) in [4.78, 5) is 12.1. The Morgan fingerprint density at radius 1 is 1.89 bits per heavy atom. The smallest absolute Gasteiger partial charge is 0.324 e. The Morgan fingerprint density at radius 2 is 2.56 bits per heavy atom. The van der Waals surface area contributed by atoms with Crippen LogP contribution in [-0.2, 0) is 9.53 Å². The van der Waals surface area contributed by atoms with E-state index in [1.54, 1.807) is 6.92 Å². The molecule has 3 heteroatoms. The molecule has 3 nitrogen and oxygen atoms in total. The van der Waals surface area contributed by atoms with Crippen LogP contribution in [0.2, 0.25) is 0 Å². The summed E-state index contributed by atoms with van der Waals surface area (Å²) < 4.78 is 25.5. The van der Waals surface area contributed by atoms with Crippen molar-refractivity contribution in [3.05, 3.63) is 0 Å². The molecule has 1 saturated heterocycles. The van der Waals surface area contributed by atoms with Gasteiger partial charge >= 0.3 is 5.97 Å². The molecule has 0 N–H and O–H groups in total. The van der Waals surface area contributed by atoms with Crippen LogP contribution >= 0.6 is 0 Å². The first-order chi connectivity index (χ1) is 5.39. The van der Waals surface area contributed by atoms with Crippen molar-refractivity contribution < 1.29 is 13.6 Å². The second-order valence-corrected chi connectivity index (χ2v) is 2.12. The van der Waals surface area contributed by atoms with Crippen molar-refractivity contribution in [2.45, 2.75) is 19.0 Å². The molecule has 3 atom stereocenters. The molecular formula is C6H11NO2. The molecule has 0 bridgehead atoms. The van der Waals surface area contributed by atoms with Crippen molar-refractivity contribution in [2.75, 3.05) is 14.1 Å². The summed E-state index contributed by atoms with van der Waals surface area (Å²) in [5.41, 5.74) is 0. The minimum atomic E-state index is -2.18. The maximum absolute atomic E-state index is 10.9. The second kappa shape index (κ2) is 1.99. The van der Waals surface area contributed by atoms with Gasteiger partial charge in [-0.25, -0.2) is 0 Å². The van der Waals surface area contributed by atoms with E-state index in [2.05, 4.69) is 4.74 Å². The zero-order valence-electron chi connectivity index (χ0n) is 8.42. The number of hydrogen-bond donors (Lipinski definition) is 0. The fourth-order valence-corrected chi connectivity index (χ4v) is 0.780. The van der Waals surface area contributed by atoms with Gasteiger partial charge in [0.15, 0.2) is 0 Å². The number of likely N-dealkylation sites (N-methyl/N-ethyl adjacent to an activating group) is 1. The molecule has 0 spiro atoms. The van der Waals surface area contributed by atoms with Crippen LogP contribution in [0.4, 0.5) is 0 Å². The highest BCUT2D eigenvalue weighted by Crippen LogP contribution is 2.25. The van der Waals surface area contributed by atoms with Crippen molar-refractivity contribution >= 4 is 5.97 Å². The lowest BCUT2D eigenvalue weighted by Crippen LogP contribution is -2.12. The minimum absolute atomic E-state index is 0.232. The van der Waals surface area contributed by atoms with Gasteiger partial charge in [-0.1, -0.05) is 0 Å². The molecule has 0 saturated carbocycles. The first-order valence-corrected chi connectivity index (χ1v) is 2.76. The van der Waals surface area contributed by atoms with Gasteiger partial charge < -0.3 is 4.74 Å². The predicted octanol–water partition coefficient (Wildman–Crippen LogP) is -0.138. The molecule has 0 aromatic carbocycles. The molecule has 0 aromatic rings. The Morgan fingerprint density at radius 3 is 2.89 bits per heavy atom. The van der Waals surface area contributed by atoms with Crippen molar-refractivity contribution in [2.24, 2.45) is 0 Å². The van der Waals surface area contributed by atoms with Crippen LogP contribution in [0.3, 0.4) is 0 Å². The van der Waals surface area contributed by atoms with Crippen molar-refractivity contribution in [1.82, 2.24) is 4.90 Å². The van der Waals surface area contributed by atoms with Crippen molar-refractivity contribution in [3.63, 3.8) is 0 Å². The average Bonchev–Trinajstić information content (AvgIpc) is 2.59. The zero-order chi connectivity index (χ0) is 9.52. The number of methoxy groups -OCH3 is 1. The first kappa shape index (κ1) is 3.56. The van der Waals surface area contributed by atoms with E-state index in [-0.39, 0.29) is 6.04 Å². The normalized spacial score (nSPS) is 46.4. The van der Waals surface area contributed by atoms with Crippen LogP contribution in [0.15, 0.2) is 0 Å². The quantitative estimate of drug-likeness (QED) is 0.367. The predicted molar refractivity (Wildman–Crippen MR) is 33.0 cm³/mol. The molecule has 1 fully saturated rings.